The summed E-state index contributed by atoms with van der Waals surface area (Å²) in [5.41, 5.74) is 3.77. The smallest absolute Gasteiger partial charge is 0.356 e. The number of halogens is 1. The summed E-state index contributed by atoms with van der Waals surface area (Å²) >= 11 is 3.40. The van der Waals surface area contributed by atoms with E-state index in [0.29, 0.717) is 10.2 Å². The Kier molecular flexibility index (Phi) is 4.90. The quantitative estimate of drug-likeness (QED) is 0.639. The maximum absolute atomic E-state index is 12.3. The number of carbonyl (C=O) groups is 2. The Morgan fingerprint density at radius 3 is 2.44 bits per heavy atom. The number of esters is 1. The van der Waals surface area contributed by atoms with Crippen molar-refractivity contribution in [3.05, 3.63) is 63.8 Å². The molecule has 6 heteroatoms. The van der Waals surface area contributed by atoms with Crippen LogP contribution in [0, 0.1) is 13.8 Å². The second kappa shape index (κ2) is 7.11. The summed E-state index contributed by atoms with van der Waals surface area (Å²) in [4.78, 5) is 27.4. The molecule has 1 amide bonds. The van der Waals surface area contributed by atoms with E-state index in [1.54, 1.807) is 0 Å². The number of hydrogen-bond acceptors (Lipinski definition) is 3. The fourth-order valence-corrected chi connectivity index (χ4v) is 3.25. The van der Waals surface area contributed by atoms with E-state index in [2.05, 4.69) is 26.2 Å². The van der Waals surface area contributed by atoms with Crippen LogP contribution >= 0.6 is 15.9 Å². The summed E-state index contributed by atoms with van der Waals surface area (Å²) in [5.74, 6) is -0.960. The molecule has 1 aromatic heterocycles. The van der Waals surface area contributed by atoms with Crippen LogP contribution in [-0.4, -0.2) is 23.5 Å². The zero-order valence-electron chi connectivity index (χ0n) is 13.9. The van der Waals surface area contributed by atoms with Gasteiger partial charge in [-0.3, -0.25) is 4.79 Å². The number of nitrogens with one attached hydrogen (secondary N) is 2. The molecule has 0 radical (unpaired) electrons. The highest BCUT2D eigenvalue weighted by Gasteiger charge is 2.18. The van der Waals surface area contributed by atoms with E-state index in [4.69, 9.17) is 4.74 Å². The normalized spacial score (nSPS) is 10.7. The summed E-state index contributed by atoms with van der Waals surface area (Å²) in [6.45, 7) is 3.47. The lowest BCUT2D eigenvalue weighted by Crippen LogP contribution is -2.22. The second-order valence-electron chi connectivity index (χ2n) is 5.75. The zero-order valence-corrected chi connectivity index (χ0v) is 15.4. The van der Waals surface area contributed by atoms with Crippen LogP contribution in [-0.2, 0) is 9.53 Å². The Hall–Kier alpha value is -2.60. The number of aryl methyl sites for hydroxylation is 2. The van der Waals surface area contributed by atoms with Gasteiger partial charge >= 0.3 is 5.97 Å². The van der Waals surface area contributed by atoms with Crippen LogP contribution in [0.2, 0.25) is 0 Å². The summed E-state index contributed by atoms with van der Waals surface area (Å²) in [5, 5.41) is 3.67. The lowest BCUT2D eigenvalue weighted by Gasteiger charge is -2.11. The molecule has 0 saturated carbocycles. The number of ether oxygens (including phenoxy) is 1. The van der Waals surface area contributed by atoms with Crippen LogP contribution in [0.5, 0.6) is 0 Å². The first kappa shape index (κ1) is 17.2. The SMILES string of the molecule is Cc1cccc(C)c1NC(=O)COC(=O)c1[nH]c2ccccc2c1Br. The molecule has 0 fully saturated rings. The number of benzene rings is 2. The number of para-hydroxylation sites is 2. The number of fused-ring (bicyclic) bond motifs is 1. The monoisotopic (exact) mass is 400 g/mol. The van der Waals surface area contributed by atoms with Gasteiger partial charge in [0.05, 0.1) is 4.47 Å². The van der Waals surface area contributed by atoms with Crippen LogP contribution < -0.4 is 5.32 Å². The molecule has 3 aromatic rings. The standard InChI is InChI=1S/C19H17BrN2O3/c1-11-6-5-7-12(2)17(11)22-15(23)10-25-19(24)18-16(20)13-8-3-4-9-14(13)21-18/h3-9,21H,10H2,1-2H3,(H,22,23). The average molecular weight is 401 g/mol. The maximum Gasteiger partial charge on any atom is 0.356 e. The number of rotatable bonds is 4. The van der Waals surface area contributed by atoms with Gasteiger partial charge in [0.15, 0.2) is 6.61 Å². The van der Waals surface area contributed by atoms with Gasteiger partial charge in [0, 0.05) is 16.6 Å². The molecule has 0 spiro atoms. The van der Waals surface area contributed by atoms with Gasteiger partial charge in [0.1, 0.15) is 5.69 Å². The van der Waals surface area contributed by atoms with Gasteiger partial charge in [0.25, 0.3) is 5.91 Å². The highest BCUT2D eigenvalue weighted by molar-refractivity contribution is 9.10. The van der Waals surface area contributed by atoms with Crippen LogP contribution in [0.4, 0.5) is 5.69 Å². The minimum absolute atomic E-state index is 0.293. The Morgan fingerprint density at radius 2 is 1.76 bits per heavy atom. The minimum Gasteiger partial charge on any atom is -0.451 e. The molecule has 0 aliphatic rings. The van der Waals surface area contributed by atoms with E-state index in [1.165, 1.54) is 0 Å². The maximum atomic E-state index is 12.3. The molecule has 3 rings (SSSR count). The van der Waals surface area contributed by atoms with Crippen molar-refractivity contribution in [2.45, 2.75) is 13.8 Å². The topological polar surface area (TPSA) is 71.2 Å². The zero-order chi connectivity index (χ0) is 18.0. The molecule has 0 saturated heterocycles. The predicted molar refractivity (Wildman–Crippen MR) is 101 cm³/mol. The van der Waals surface area contributed by atoms with Crippen molar-refractivity contribution in [1.29, 1.82) is 0 Å². The Balaban J connectivity index is 1.67. The van der Waals surface area contributed by atoms with Crippen molar-refractivity contribution in [3.8, 4) is 0 Å². The summed E-state index contributed by atoms with van der Waals surface area (Å²) in [6, 6.07) is 13.3. The molecular formula is C19H17BrN2O3. The van der Waals surface area contributed by atoms with Gasteiger partial charge < -0.3 is 15.0 Å². The Bertz CT molecular complexity index is 942. The van der Waals surface area contributed by atoms with Crippen molar-refractivity contribution < 1.29 is 14.3 Å². The summed E-state index contributed by atoms with van der Waals surface area (Å²) in [6.07, 6.45) is 0. The number of hydrogen-bond donors (Lipinski definition) is 2. The van der Waals surface area contributed by atoms with E-state index >= 15 is 0 Å². The third-order valence-electron chi connectivity index (χ3n) is 3.93. The van der Waals surface area contributed by atoms with Crippen LogP contribution in [0.25, 0.3) is 10.9 Å². The van der Waals surface area contributed by atoms with Gasteiger partial charge in [-0.05, 0) is 47.0 Å². The van der Waals surface area contributed by atoms with Crippen LogP contribution in [0.15, 0.2) is 46.9 Å². The summed E-state index contributed by atoms with van der Waals surface area (Å²) in [7, 11) is 0. The number of aromatic nitrogens is 1. The number of anilines is 1. The van der Waals surface area contributed by atoms with Gasteiger partial charge in [-0.25, -0.2) is 4.79 Å². The van der Waals surface area contributed by atoms with Gasteiger partial charge in [-0.1, -0.05) is 36.4 Å². The van der Waals surface area contributed by atoms with E-state index in [-0.39, 0.29) is 12.5 Å². The first-order chi connectivity index (χ1) is 12.0. The molecule has 2 aromatic carbocycles. The molecule has 1 heterocycles. The number of aromatic amines is 1. The molecule has 0 atom stereocenters. The number of amides is 1. The van der Waals surface area contributed by atoms with E-state index in [0.717, 1.165) is 27.7 Å². The first-order valence-corrected chi connectivity index (χ1v) is 8.56. The molecule has 5 nitrogen and oxygen atoms in total. The fourth-order valence-electron chi connectivity index (χ4n) is 2.64. The molecule has 128 valence electrons. The largest absolute Gasteiger partial charge is 0.451 e. The van der Waals surface area contributed by atoms with Gasteiger partial charge in [-0.15, -0.1) is 0 Å². The van der Waals surface area contributed by atoms with E-state index in [9.17, 15) is 9.59 Å². The van der Waals surface area contributed by atoms with Gasteiger partial charge in [0.2, 0.25) is 0 Å². The number of H-pyrrole nitrogens is 1. The van der Waals surface area contributed by atoms with E-state index in [1.807, 2.05) is 56.3 Å². The average Bonchev–Trinajstić information content (AvgIpc) is 2.93. The highest BCUT2D eigenvalue weighted by atomic mass is 79.9. The van der Waals surface area contributed by atoms with Crippen LogP contribution in [0.3, 0.4) is 0 Å². The Labute approximate surface area is 153 Å². The molecule has 0 aliphatic carbocycles. The second-order valence-corrected chi connectivity index (χ2v) is 6.54. The molecule has 0 aliphatic heterocycles. The van der Waals surface area contributed by atoms with Crippen LogP contribution in [0.1, 0.15) is 21.6 Å². The highest BCUT2D eigenvalue weighted by Crippen LogP contribution is 2.28. The van der Waals surface area contributed by atoms with Crippen molar-refractivity contribution >= 4 is 44.4 Å². The molecular weight excluding hydrogens is 384 g/mol. The predicted octanol–water partition coefficient (Wildman–Crippen LogP) is 4.34. The lowest BCUT2D eigenvalue weighted by atomic mass is 10.1. The first-order valence-electron chi connectivity index (χ1n) is 7.76. The van der Waals surface area contributed by atoms with Crippen molar-refractivity contribution in [2.75, 3.05) is 11.9 Å². The van der Waals surface area contributed by atoms with Crippen molar-refractivity contribution in [2.24, 2.45) is 0 Å². The molecule has 2 N–H and O–H groups in total. The fraction of sp³-hybridized carbons (Fsp3) is 0.158. The summed E-state index contributed by atoms with van der Waals surface area (Å²) < 4.78 is 5.77. The third kappa shape index (κ3) is 3.58. The molecule has 0 bridgehead atoms. The third-order valence-corrected chi connectivity index (χ3v) is 4.75. The molecule has 0 unspecified atom stereocenters. The lowest BCUT2D eigenvalue weighted by molar-refractivity contribution is -0.119. The molecule has 25 heavy (non-hydrogen) atoms. The van der Waals surface area contributed by atoms with Crippen molar-refractivity contribution in [1.82, 2.24) is 4.98 Å². The van der Waals surface area contributed by atoms with Gasteiger partial charge in [-0.2, -0.15) is 0 Å². The van der Waals surface area contributed by atoms with Crippen molar-refractivity contribution in [3.63, 3.8) is 0 Å². The number of carbonyl (C=O) groups excluding carboxylic acids is 2. The minimum atomic E-state index is -0.584. The van der Waals surface area contributed by atoms with E-state index < -0.39 is 5.97 Å². The Morgan fingerprint density at radius 1 is 1.08 bits per heavy atom.